The maximum atomic E-state index is 11.5. The minimum Gasteiger partial charge on any atom is -0.268 e. The van der Waals surface area contributed by atoms with Crippen molar-refractivity contribution in [2.75, 3.05) is 5.75 Å². The van der Waals surface area contributed by atoms with Crippen LogP contribution in [0.1, 0.15) is 19.0 Å². The lowest BCUT2D eigenvalue weighted by Gasteiger charge is -2.04. The average molecular weight is 204 g/mol. The fraction of sp³-hybridized carbons (Fsp3) is 0.571. The number of nitrogens with zero attached hydrogens (tertiary/aromatic N) is 1. The molecule has 1 heterocycles. The maximum Gasteiger partial charge on any atom is 0.265 e. The number of hydrogen-bond donors (Lipinski definition) is 1. The summed E-state index contributed by atoms with van der Waals surface area (Å²) in [5.41, 5.74) is 0.0237. The molecule has 0 fully saturated rings. The van der Waals surface area contributed by atoms with E-state index in [9.17, 15) is 13.2 Å². The third-order valence-corrected chi connectivity index (χ3v) is 3.47. The van der Waals surface area contributed by atoms with Crippen molar-refractivity contribution in [3.8, 4) is 0 Å². The predicted octanol–water partition coefficient (Wildman–Crippen LogP) is 0.0727. The number of rotatable bonds is 3. The van der Waals surface area contributed by atoms with Gasteiger partial charge in [-0.1, -0.05) is 6.92 Å². The summed E-state index contributed by atoms with van der Waals surface area (Å²) in [6, 6.07) is 1.26. The van der Waals surface area contributed by atoms with Crippen molar-refractivity contribution >= 4 is 10.0 Å². The van der Waals surface area contributed by atoms with Gasteiger partial charge in [0.25, 0.3) is 15.6 Å². The van der Waals surface area contributed by atoms with E-state index in [0.29, 0.717) is 12.1 Å². The lowest BCUT2D eigenvalue weighted by Crippen LogP contribution is -2.20. The summed E-state index contributed by atoms with van der Waals surface area (Å²) >= 11 is 0. The topological polar surface area (TPSA) is 71.9 Å². The van der Waals surface area contributed by atoms with E-state index in [-0.39, 0.29) is 5.75 Å². The highest BCUT2D eigenvalue weighted by Crippen LogP contribution is 2.00. The summed E-state index contributed by atoms with van der Waals surface area (Å²) in [6.45, 7) is 3.35. The molecule has 13 heavy (non-hydrogen) atoms. The van der Waals surface area contributed by atoms with Crippen LogP contribution in [0, 0.1) is 6.92 Å². The van der Waals surface area contributed by atoms with Crippen LogP contribution in [0.5, 0.6) is 0 Å². The van der Waals surface area contributed by atoms with Crippen molar-refractivity contribution in [1.29, 1.82) is 0 Å². The minimum absolute atomic E-state index is 0.0401. The van der Waals surface area contributed by atoms with Crippen LogP contribution in [-0.2, 0) is 10.0 Å². The molecule has 0 saturated carbocycles. The van der Waals surface area contributed by atoms with E-state index in [1.165, 1.54) is 6.07 Å². The molecule has 74 valence electrons. The Morgan fingerprint density at radius 3 is 2.54 bits per heavy atom. The monoisotopic (exact) mass is 204 g/mol. The largest absolute Gasteiger partial charge is 0.268 e. The number of aromatic nitrogens is 2. The highest BCUT2D eigenvalue weighted by molar-refractivity contribution is 7.89. The molecule has 0 aliphatic rings. The number of aromatic amines is 1. The van der Waals surface area contributed by atoms with Gasteiger partial charge in [-0.15, -0.1) is 0 Å². The first kappa shape index (κ1) is 10.0. The Labute approximate surface area is 76.4 Å². The van der Waals surface area contributed by atoms with Gasteiger partial charge < -0.3 is 0 Å². The number of hydrogen-bond acceptors (Lipinski definition) is 3. The smallest absolute Gasteiger partial charge is 0.265 e. The van der Waals surface area contributed by atoms with Crippen LogP contribution in [0.3, 0.4) is 0 Å². The van der Waals surface area contributed by atoms with Gasteiger partial charge in [-0.25, -0.2) is 13.5 Å². The first-order valence-corrected chi connectivity index (χ1v) is 5.60. The van der Waals surface area contributed by atoms with Gasteiger partial charge in [0.05, 0.1) is 11.4 Å². The number of aryl methyl sites for hydroxylation is 1. The molecule has 0 atom stereocenters. The van der Waals surface area contributed by atoms with E-state index >= 15 is 0 Å². The molecule has 0 bridgehead atoms. The summed E-state index contributed by atoms with van der Waals surface area (Å²) in [5.74, 6) is 0.0401. The van der Waals surface area contributed by atoms with E-state index < -0.39 is 15.6 Å². The third-order valence-electron chi connectivity index (χ3n) is 1.61. The normalized spacial score (nSPS) is 11.8. The summed E-state index contributed by atoms with van der Waals surface area (Å²) in [7, 11) is -3.36. The second-order valence-corrected chi connectivity index (χ2v) is 4.78. The Morgan fingerprint density at radius 1 is 1.54 bits per heavy atom. The van der Waals surface area contributed by atoms with Crippen molar-refractivity contribution in [3.63, 3.8) is 0 Å². The zero-order chi connectivity index (χ0) is 10.1. The second-order valence-electron chi connectivity index (χ2n) is 2.84. The van der Waals surface area contributed by atoms with Crippen molar-refractivity contribution in [3.05, 3.63) is 22.1 Å². The molecule has 1 aromatic heterocycles. The van der Waals surface area contributed by atoms with Crippen molar-refractivity contribution < 1.29 is 8.42 Å². The van der Waals surface area contributed by atoms with Crippen molar-refractivity contribution in [1.82, 2.24) is 9.19 Å². The third kappa shape index (κ3) is 2.00. The lowest BCUT2D eigenvalue weighted by molar-refractivity contribution is 0.576. The fourth-order valence-corrected chi connectivity index (χ4v) is 2.53. The predicted molar refractivity (Wildman–Crippen MR) is 49.3 cm³/mol. The molecule has 1 aromatic rings. The summed E-state index contributed by atoms with van der Waals surface area (Å²) in [5, 5.41) is 2.24. The highest BCUT2D eigenvalue weighted by Gasteiger charge is 2.14. The van der Waals surface area contributed by atoms with Crippen LogP contribution in [0.2, 0.25) is 0 Å². The molecule has 0 aromatic carbocycles. The van der Waals surface area contributed by atoms with E-state index in [1.807, 2.05) is 0 Å². The van der Waals surface area contributed by atoms with Crippen LogP contribution >= 0.6 is 0 Å². The molecule has 0 radical (unpaired) electrons. The highest BCUT2D eigenvalue weighted by atomic mass is 32.2. The molecule has 0 unspecified atom stereocenters. The van der Waals surface area contributed by atoms with Gasteiger partial charge in [0.1, 0.15) is 0 Å². The molecule has 5 nitrogen and oxygen atoms in total. The van der Waals surface area contributed by atoms with Crippen LogP contribution in [0.25, 0.3) is 0 Å². The van der Waals surface area contributed by atoms with Gasteiger partial charge in [0, 0.05) is 6.07 Å². The fourth-order valence-electron chi connectivity index (χ4n) is 1.11. The van der Waals surface area contributed by atoms with Crippen molar-refractivity contribution in [2.45, 2.75) is 20.3 Å². The van der Waals surface area contributed by atoms with E-state index in [4.69, 9.17) is 0 Å². The molecular formula is C7H12N2O3S. The quantitative estimate of drug-likeness (QED) is 0.757. The summed E-state index contributed by atoms with van der Waals surface area (Å²) in [4.78, 5) is 10.8. The summed E-state index contributed by atoms with van der Waals surface area (Å²) in [6.07, 6.45) is 0.530. The Hall–Kier alpha value is -1.04. The first-order chi connectivity index (χ1) is 5.97. The molecule has 0 amide bonds. The van der Waals surface area contributed by atoms with Crippen LogP contribution in [0.4, 0.5) is 0 Å². The number of H-pyrrole nitrogens is 1. The van der Waals surface area contributed by atoms with Gasteiger partial charge in [-0.05, 0) is 13.3 Å². The SMILES string of the molecule is CCCS(=O)(=O)n1[nH]c(=O)cc1C. The molecule has 0 spiro atoms. The van der Waals surface area contributed by atoms with Crippen LogP contribution < -0.4 is 5.56 Å². The van der Waals surface area contributed by atoms with Crippen molar-refractivity contribution in [2.24, 2.45) is 0 Å². The standard InChI is InChI=1S/C7H12N2O3S/c1-3-4-13(11,12)9-6(2)5-7(10)8-9/h5H,3-4H2,1-2H3,(H,8,10). The molecule has 6 heteroatoms. The minimum atomic E-state index is -3.36. The Bertz CT molecular complexity index is 441. The average Bonchev–Trinajstić information content (AvgIpc) is 2.30. The Kier molecular flexibility index (Phi) is 2.60. The molecule has 0 saturated heterocycles. The molecule has 0 aliphatic carbocycles. The molecule has 1 rings (SSSR count). The van der Waals surface area contributed by atoms with E-state index in [2.05, 4.69) is 5.10 Å². The van der Waals surface area contributed by atoms with Gasteiger partial charge in [0.2, 0.25) is 0 Å². The molecule has 1 N–H and O–H groups in total. The second kappa shape index (κ2) is 3.37. The summed E-state index contributed by atoms with van der Waals surface area (Å²) < 4.78 is 23.8. The Balaban J connectivity index is 3.22. The molecule has 0 aliphatic heterocycles. The molecular weight excluding hydrogens is 192 g/mol. The van der Waals surface area contributed by atoms with Crippen LogP contribution in [-0.4, -0.2) is 23.4 Å². The first-order valence-electron chi connectivity index (χ1n) is 3.99. The van der Waals surface area contributed by atoms with Gasteiger partial charge >= 0.3 is 0 Å². The van der Waals surface area contributed by atoms with Crippen LogP contribution in [0.15, 0.2) is 10.9 Å². The zero-order valence-corrected chi connectivity index (χ0v) is 8.39. The Morgan fingerprint density at radius 2 is 2.15 bits per heavy atom. The van der Waals surface area contributed by atoms with E-state index in [0.717, 1.165) is 4.09 Å². The lowest BCUT2D eigenvalue weighted by atomic mass is 10.5. The van der Waals surface area contributed by atoms with E-state index in [1.54, 1.807) is 13.8 Å². The van der Waals surface area contributed by atoms with Gasteiger partial charge in [-0.3, -0.25) is 4.79 Å². The zero-order valence-electron chi connectivity index (χ0n) is 7.57. The van der Waals surface area contributed by atoms with Gasteiger partial charge in [0.15, 0.2) is 0 Å². The maximum absolute atomic E-state index is 11.5. The van der Waals surface area contributed by atoms with Gasteiger partial charge in [-0.2, -0.15) is 4.09 Å². The number of nitrogens with one attached hydrogen (secondary N) is 1.